The zero-order valence-electron chi connectivity index (χ0n) is 17.9. The van der Waals surface area contributed by atoms with E-state index in [0.717, 1.165) is 50.4 Å². The first kappa shape index (κ1) is 24.8. The Labute approximate surface area is 182 Å². The molecule has 1 saturated heterocycles. The van der Waals surface area contributed by atoms with E-state index < -0.39 is 23.3 Å². The van der Waals surface area contributed by atoms with Crippen LogP contribution in [0.15, 0.2) is 24.3 Å². The molecule has 1 aromatic carbocycles. The summed E-state index contributed by atoms with van der Waals surface area (Å²) in [6.07, 6.45) is 7.33. The van der Waals surface area contributed by atoms with Gasteiger partial charge in [0.05, 0.1) is 19.1 Å². The Balaban J connectivity index is 1.86. The third-order valence-electron chi connectivity index (χ3n) is 5.65. The van der Waals surface area contributed by atoms with Crippen LogP contribution < -0.4 is 10.1 Å². The molecule has 1 aliphatic heterocycles. The number of hydrogen-bond acceptors (Lipinski definition) is 4. The number of nitrogens with one attached hydrogen (secondary N) is 1. The van der Waals surface area contributed by atoms with E-state index in [9.17, 15) is 18.7 Å². The van der Waals surface area contributed by atoms with E-state index >= 15 is 0 Å². The summed E-state index contributed by atoms with van der Waals surface area (Å²) in [5.41, 5.74) is 0.703. The zero-order valence-corrected chi connectivity index (χ0v) is 18.7. The zero-order chi connectivity index (χ0) is 21.8. The Morgan fingerprint density at radius 1 is 1.23 bits per heavy atom. The Bertz CT molecular complexity index is 649. The van der Waals surface area contributed by atoms with Crippen molar-refractivity contribution in [1.29, 1.82) is 0 Å². The molecule has 30 heavy (non-hydrogen) atoms. The lowest BCUT2D eigenvalue weighted by atomic mass is 9.93. The molecular weight excluding hydrogens is 404 g/mol. The van der Waals surface area contributed by atoms with Gasteiger partial charge in [0.1, 0.15) is 5.75 Å². The van der Waals surface area contributed by atoms with E-state index in [1.165, 1.54) is 23.6 Å². The molecule has 2 rings (SSSR count). The van der Waals surface area contributed by atoms with Crippen molar-refractivity contribution in [3.8, 4) is 5.75 Å². The van der Waals surface area contributed by atoms with Crippen molar-refractivity contribution in [2.75, 3.05) is 26.2 Å². The van der Waals surface area contributed by atoms with E-state index in [1.54, 1.807) is 12.1 Å². The van der Waals surface area contributed by atoms with Crippen LogP contribution in [-0.4, -0.2) is 50.4 Å². The number of carbonyl (C=O) groups is 1. The van der Waals surface area contributed by atoms with Crippen molar-refractivity contribution in [2.24, 2.45) is 5.92 Å². The van der Waals surface area contributed by atoms with Crippen LogP contribution in [0.1, 0.15) is 69.9 Å². The standard InChI is InChI=1S/C22H36N2O5S/c1-2-3-15-24(30(27)28)21(17-22(25)26)19-7-9-20(10-8-19)29-16-5-4-6-18-11-13-23-14-12-18/h7-10,18,21,23H,2-6,11-17H2,1H3,(H,25,26)(H,27,28). The lowest BCUT2D eigenvalue weighted by molar-refractivity contribution is -0.138. The number of nitrogens with zero attached hydrogens (tertiary/aromatic N) is 1. The maximum absolute atomic E-state index is 11.8. The van der Waals surface area contributed by atoms with Crippen molar-refractivity contribution < 1.29 is 23.4 Å². The molecule has 0 amide bonds. The number of aliphatic carboxylic acids is 1. The van der Waals surface area contributed by atoms with E-state index in [-0.39, 0.29) is 6.42 Å². The summed E-state index contributed by atoms with van der Waals surface area (Å²) in [5, 5.41) is 12.7. The first-order valence-corrected chi connectivity index (χ1v) is 12.1. The van der Waals surface area contributed by atoms with Gasteiger partial charge in [-0.25, -0.2) is 4.21 Å². The molecule has 3 N–H and O–H groups in total. The predicted molar refractivity (Wildman–Crippen MR) is 119 cm³/mol. The van der Waals surface area contributed by atoms with Crippen LogP contribution >= 0.6 is 0 Å². The Hall–Kier alpha value is -1.48. The molecule has 0 aromatic heterocycles. The average Bonchev–Trinajstić information content (AvgIpc) is 2.74. The molecule has 0 spiro atoms. The average molecular weight is 441 g/mol. The summed E-state index contributed by atoms with van der Waals surface area (Å²) in [6.45, 7) is 5.29. The highest BCUT2D eigenvalue weighted by Crippen LogP contribution is 2.28. The normalized spacial score (nSPS) is 17.0. The van der Waals surface area contributed by atoms with Crippen LogP contribution in [0.2, 0.25) is 0 Å². The molecular formula is C22H36N2O5S. The highest BCUT2D eigenvalue weighted by atomic mass is 32.2. The molecule has 0 aliphatic carbocycles. The van der Waals surface area contributed by atoms with E-state index in [4.69, 9.17) is 4.74 Å². The van der Waals surface area contributed by atoms with Gasteiger partial charge in [-0.05, 0) is 68.8 Å². The highest BCUT2D eigenvalue weighted by molar-refractivity contribution is 7.76. The maximum Gasteiger partial charge on any atom is 0.305 e. The Kier molecular flexibility index (Phi) is 11.4. The summed E-state index contributed by atoms with van der Waals surface area (Å²) in [7, 11) is 0. The molecule has 1 fully saturated rings. The summed E-state index contributed by atoms with van der Waals surface area (Å²) < 4.78 is 28.7. The van der Waals surface area contributed by atoms with Crippen molar-refractivity contribution in [3.63, 3.8) is 0 Å². The van der Waals surface area contributed by atoms with E-state index in [1.807, 2.05) is 19.1 Å². The van der Waals surface area contributed by atoms with Gasteiger partial charge in [0.2, 0.25) is 11.3 Å². The van der Waals surface area contributed by atoms with Gasteiger partial charge in [-0.2, -0.15) is 4.31 Å². The van der Waals surface area contributed by atoms with Crippen LogP contribution in [0.25, 0.3) is 0 Å². The van der Waals surface area contributed by atoms with E-state index in [2.05, 4.69) is 5.32 Å². The van der Waals surface area contributed by atoms with Gasteiger partial charge in [-0.3, -0.25) is 9.35 Å². The van der Waals surface area contributed by atoms with Crippen LogP contribution in [0.4, 0.5) is 0 Å². The predicted octanol–water partition coefficient (Wildman–Crippen LogP) is 3.99. The fourth-order valence-corrected chi connectivity index (χ4v) is 4.59. The quantitative estimate of drug-likeness (QED) is 0.299. The van der Waals surface area contributed by atoms with Gasteiger partial charge in [0.15, 0.2) is 0 Å². The lowest BCUT2D eigenvalue weighted by Gasteiger charge is -2.27. The SMILES string of the molecule is CCCCN(C(CC(=O)O)c1ccc(OCCCCC2CCNCC2)cc1)S(=O)O. The minimum atomic E-state index is -2.23. The number of benzene rings is 1. The van der Waals surface area contributed by atoms with Crippen molar-refractivity contribution in [2.45, 2.75) is 64.3 Å². The molecule has 7 nitrogen and oxygen atoms in total. The third-order valence-corrected chi connectivity index (χ3v) is 6.49. The number of hydrogen-bond donors (Lipinski definition) is 3. The minimum absolute atomic E-state index is 0.229. The van der Waals surface area contributed by atoms with Gasteiger partial charge in [0.25, 0.3) is 0 Å². The first-order valence-electron chi connectivity index (χ1n) is 11.0. The third kappa shape index (κ3) is 8.71. The molecule has 0 bridgehead atoms. The lowest BCUT2D eigenvalue weighted by Crippen LogP contribution is -2.33. The number of carboxylic acids is 1. The van der Waals surface area contributed by atoms with Crippen LogP contribution in [-0.2, 0) is 16.1 Å². The monoisotopic (exact) mass is 440 g/mol. The topological polar surface area (TPSA) is 99.1 Å². The fraction of sp³-hybridized carbons (Fsp3) is 0.682. The van der Waals surface area contributed by atoms with Crippen LogP contribution in [0.5, 0.6) is 5.75 Å². The van der Waals surface area contributed by atoms with Gasteiger partial charge in [-0.15, -0.1) is 0 Å². The number of rotatable bonds is 14. The summed E-state index contributed by atoms with van der Waals surface area (Å²) in [4.78, 5) is 11.3. The molecule has 1 heterocycles. The van der Waals surface area contributed by atoms with Gasteiger partial charge < -0.3 is 15.2 Å². The van der Waals surface area contributed by atoms with Crippen LogP contribution in [0.3, 0.4) is 0 Å². The summed E-state index contributed by atoms with van der Waals surface area (Å²) >= 11 is -2.23. The molecule has 8 heteroatoms. The molecule has 1 aliphatic rings. The molecule has 1 aromatic rings. The minimum Gasteiger partial charge on any atom is -0.494 e. The number of piperidine rings is 1. The summed E-state index contributed by atoms with van der Waals surface area (Å²) in [6, 6.07) is 6.57. The molecule has 170 valence electrons. The molecule has 0 radical (unpaired) electrons. The van der Waals surface area contributed by atoms with E-state index in [0.29, 0.717) is 18.7 Å². The molecule has 2 atom stereocenters. The van der Waals surface area contributed by atoms with Gasteiger partial charge in [0, 0.05) is 6.54 Å². The number of unbranched alkanes of at least 4 members (excludes halogenated alkanes) is 2. The first-order chi connectivity index (χ1) is 14.5. The van der Waals surface area contributed by atoms with Gasteiger partial charge >= 0.3 is 5.97 Å². The Morgan fingerprint density at radius 3 is 2.53 bits per heavy atom. The van der Waals surface area contributed by atoms with Crippen molar-refractivity contribution in [3.05, 3.63) is 29.8 Å². The second-order valence-corrected chi connectivity index (χ2v) is 8.88. The van der Waals surface area contributed by atoms with Gasteiger partial charge in [-0.1, -0.05) is 31.9 Å². The summed E-state index contributed by atoms with van der Waals surface area (Å²) in [5.74, 6) is 0.574. The maximum atomic E-state index is 11.8. The smallest absolute Gasteiger partial charge is 0.305 e. The van der Waals surface area contributed by atoms with Crippen molar-refractivity contribution >= 4 is 17.2 Å². The second-order valence-electron chi connectivity index (χ2n) is 7.95. The number of carboxylic acid groups (broad SMARTS) is 1. The number of ether oxygens (including phenoxy) is 1. The second kappa shape index (κ2) is 13.7. The molecule has 0 saturated carbocycles. The molecule has 2 unspecified atom stereocenters. The van der Waals surface area contributed by atoms with Crippen LogP contribution in [0, 0.1) is 5.92 Å². The largest absolute Gasteiger partial charge is 0.494 e. The fourth-order valence-electron chi connectivity index (χ4n) is 3.89. The highest BCUT2D eigenvalue weighted by Gasteiger charge is 2.26. The van der Waals surface area contributed by atoms with Crippen molar-refractivity contribution in [1.82, 2.24) is 9.62 Å². The Morgan fingerprint density at radius 2 is 1.93 bits per heavy atom.